The third kappa shape index (κ3) is 3.99. The number of aryl methyl sites for hydroxylation is 1. The van der Waals surface area contributed by atoms with Crippen LogP contribution in [0.2, 0.25) is 0 Å². The van der Waals surface area contributed by atoms with Crippen molar-refractivity contribution < 1.29 is 27.1 Å². The second kappa shape index (κ2) is 9.24. The van der Waals surface area contributed by atoms with Gasteiger partial charge < -0.3 is 24.5 Å². The van der Waals surface area contributed by atoms with Crippen LogP contribution in [-0.4, -0.2) is 64.8 Å². The average molecular weight is 570 g/mol. The van der Waals surface area contributed by atoms with E-state index in [9.17, 15) is 27.5 Å². The van der Waals surface area contributed by atoms with E-state index in [4.69, 9.17) is 0 Å². The number of aliphatic hydroxyl groups is 1. The van der Waals surface area contributed by atoms with E-state index < -0.39 is 32.6 Å². The third-order valence-corrected chi connectivity index (χ3v) is 9.15. The summed E-state index contributed by atoms with van der Waals surface area (Å²) in [4.78, 5) is 36.5. The van der Waals surface area contributed by atoms with Crippen molar-refractivity contribution >= 4 is 38.2 Å². The van der Waals surface area contributed by atoms with Gasteiger partial charge in [0.2, 0.25) is 0 Å². The number of sulfone groups is 1. The van der Waals surface area contributed by atoms with Crippen molar-refractivity contribution in [3.63, 3.8) is 0 Å². The van der Waals surface area contributed by atoms with Gasteiger partial charge in [-0.1, -0.05) is 0 Å². The van der Waals surface area contributed by atoms with Gasteiger partial charge in [0.1, 0.15) is 11.3 Å². The van der Waals surface area contributed by atoms with Crippen LogP contribution in [0.25, 0.3) is 22.0 Å². The lowest BCUT2D eigenvalue weighted by molar-refractivity contribution is 0.0727. The van der Waals surface area contributed by atoms with Crippen molar-refractivity contribution in [2.75, 3.05) is 30.9 Å². The topological polar surface area (TPSA) is 129 Å². The predicted molar refractivity (Wildman–Crippen MR) is 144 cm³/mol. The summed E-state index contributed by atoms with van der Waals surface area (Å²) in [7, 11) is -2.10. The van der Waals surface area contributed by atoms with Crippen molar-refractivity contribution in [1.82, 2.24) is 19.4 Å². The zero-order valence-corrected chi connectivity index (χ0v) is 22.4. The van der Waals surface area contributed by atoms with E-state index in [1.807, 2.05) is 0 Å². The lowest BCUT2D eigenvalue weighted by Gasteiger charge is -2.27. The van der Waals surface area contributed by atoms with E-state index in [1.54, 1.807) is 25.5 Å². The summed E-state index contributed by atoms with van der Waals surface area (Å²) < 4.78 is 56.4. The summed E-state index contributed by atoms with van der Waals surface area (Å²) in [5.41, 5.74) is 2.40. The monoisotopic (exact) mass is 569 g/mol. The number of anilines is 2. The van der Waals surface area contributed by atoms with E-state index in [0.717, 1.165) is 12.5 Å². The van der Waals surface area contributed by atoms with Crippen LogP contribution in [0.15, 0.2) is 41.6 Å². The first-order valence-corrected chi connectivity index (χ1v) is 14.5. The van der Waals surface area contributed by atoms with Crippen LogP contribution in [0, 0.1) is 11.6 Å². The Morgan fingerprint density at radius 3 is 2.62 bits per heavy atom. The van der Waals surface area contributed by atoms with Gasteiger partial charge in [0, 0.05) is 66.9 Å². The number of β-amino-alcohol motifs (C(OH)–C–C–N with tert-alkyl or cyclic N) is 1. The van der Waals surface area contributed by atoms with Crippen LogP contribution < -0.4 is 10.5 Å². The Balaban J connectivity index is 1.73. The fourth-order valence-corrected chi connectivity index (χ4v) is 6.98. The maximum absolute atomic E-state index is 15.2. The van der Waals surface area contributed by atoms with Crippen molar-refractivity contribution in [2.45, 2.75) is 18.2 Å². The largest absolute Gasteiger partial charge is 0.395 e. The van der Waals surface area contributed by atoms with Crippen molar-refractivity contribution in [3.8, 4) is 11.1 Å². The second-order valence-corrected chi connectivity index (χ2v) is 12.4. The van der Waals surface area contributed by atoms with E-state index in [0.29, 0.717) is 39.3 Å². The van der Waals surface area contributed by atoms with Crippen molar-refractivity contribution in [2.24, 2.45) is 7.05 Å². The zero-order chi connectivity index (χ0) is 28.5. The molecule has 13 heteroatoms. The molecule has 40 heavy (non-hydrogen) atoms. The number of halogens is 2. The van der Waals surface area contributed by atoms with Crippen LogP contribution in [-0.2, 0) is 23.4 Å². The van der Waals surface area contributed by atoms with Gasteiger partial charge in [-0.25, -0.2) is 22.2 Å². The molecule has 2 N–H and O–H groups in total. The summed E-state index contributed by atoms with van der Waals surface area (Å²) >= 11 is 0. The molecule has 5 heterocycles. The van der Waals surface area contributed by atoms with Gasteiger partial charge >= 0.3 is 0 Å². The molecule has 4 aromatic rings. The fraction of sp³-hybridized carbons (Fsp3) is 0.296. The molecule has 208 valence electrons. The first-order chi connectivity index (χ1) is 19.0. The van der Waals surface area contributed by atoms with Crippen molar-refractivity contribution in [1.29, 1.82) is 0 Å². The maximum atomic E-state index is 15.2. The molecule has 1 amide bonds. The number of fused-ring (bicyclic) bond motifs is 3. The molecule has 1 unspecified atom stereocenters. The molecule has 0 aliphatic carbocycles. The number of nitrogens with one attached hydrogen (secondary N) is 1. The number of aliphatic hydroxyl groups excluding tert-OH is 1. The maximum Gasteiger partial charge on any atom is 0.274 e. The highest BCUT2D eigenvalue weighted by Crippen LogP contribution is 2.47. The minimum atomic E-state index is -3.68. The van der Waals surface area contributed by atoms with E-state index in [2.05, 4.69) is 9.97 Å². The van der Waals surface area contributed by atoms with Gasteiger partial charge in [-0.2, -0.15) is 0 Å². The summed E-state index contributed by atoms with van der Waals surface area (Å²) in [6, 6.07) is 3.84. The van der Waals surface area contributed by atoms with E-state index >= 15 is 4.39 Å². The van der Waals surface area contributed by atoms with Crippen LogP contribution in [0.1, 0.15) is 33.2 Å². The van der Waals surface area contributed by atoms with Crippen LogP contribution in [0.4, 0.5) is 20.3 Å². The molecule has 2 aliphatic rings. The molecule has 0 saturated heterocycles. The highest BCUT2D eigenvalue weighted by atomic mass is 32.2. The van der Waals surface area contributed by atoms with Gasteiger partial charge in [-0.15, -0.1) is 0 Å². The summed E-state index contributed by atoms with van der Waals surface area (Å²) in [5, 5.41) is 9.11. The van der Waals surface area contributed by atoms with Crippen molar-refractivity contribution in [3.05, 3.63) is 75.5 Å². The minimum Gasteiger partial charge on any atom is -0.395 e. The molecule has 0 saturated carbocycles. The quantitative estimate of drug-likeness (QED) is 0.387. The summed E-state index contributed by atoms with van der Waals surface area (Å²) in [6.45, 7) is -0.166. The van der Waals surface area contributed by atoms with Gasteiger partial charge in [0.05, 0.1) is 30.3 Å². The SMILES string of the molecule is Cn1cc2c3c(c[nH]c3c1=O)CN(c1ncc(F)cc1F)c1cc3c(cc1-2)C(S(C)(=O)=O)CCN(CCO)C3=O. The molecule has 6 rings (SSSR count). The van der Waals surface area contributed by atoms with Crippen LogP contribution in [0.5, 0.6) is 0 Å². The molecule has 1 aromatic carbocycles. The highest BCUT2D eigenvalue weighted by molar-refractivity contribution is 7.90. The molecule has 0 fully saturated rings. The average Bonchev–Trinajstić information content (AvgIpc) is 3.20. The number of hydrogen-bond acceptors (Lipinski definition) is 7. The molecule has 0 spiro atoms. The second-order valence-electron chi connectivity index (χ2n) is 10.1. The number of nitrogens with zero attached hydrogens (tertiary/aromatic N) is 4. The Hall–Kier alpha value is -4.10. The smallest absolute Gasteiger partial charge is 0.274 e. The molecule has 2 aliphatic heterocycles. The number of aromatic nitrogens is 3. The lowest BCUT2D eigenvalue weighted by atomic mass is 9.93. The van der Waals surface area contributed by atoms with Crippen LogP contribution in [0.3, 0.4) is 0 Å². The first kappa shape index (κ1) is 26.1. The highest BCUT2D eigenvalue weighted by Gasteiger charge is 2.37. The minimum absolute atomic E-state index is 0.0105. The molecule has 0 bridgehead atoms. The number of amides is 1. The molecular formula is C27H25F2N5O5S. The molecule has 1 atom stereocenters. The van der Waals surface area contributed by atoms with E-state index in [1.165, 1.54) is 20.4 Å². The Morgan fingerprint density at radius 1 is 1.15 bits per heavy atom. The number of pyridine rings is 2. The first-order valence-electron chi connectivity index (χ1n) is 12.5. The van der Waals surface area contributed by atoms with Crippen LogP contribution >= 0.6 is 0 Å². The third-order valence-electron chi connectivity index (χ3n) is 7.62. The normalized spacial score (nSPS) is 17.0. The molecule has 0 radical (unpaired) electrons. The Bertz CT molecular complexity index is 1880. The Kier molecular flexibility index (Phi) is 6.04. The zero-order valence-electron chi connectivity index (χ0n) is 21.6. The Labute approximate surface area is 227 Å². The number of benzene rings is 1. The van der Waals surface area contributed by atoms with Gasteiger partial charge in [0.25, 0.3) is 11.5 Å². The number of carbonyl (C=O) groups is 1. The number of H-pyrrole nitrogens is 1. The van der Waals surface area contributed by atoms with Gasteiger partial charge in [-0.3, -0.25) is 9.59 Å². The molecule has 3 aromatic heterocycles. The number of hydrogen-bond donors (Lipinski definition) is 2. The number of carbonyl (C=O) groups excluding carboxylic acids is 1. The molecular weight excluding hydrogens is 544 g/mol. The fourth-order valence-electron chi connectivity index (χ4n) is 5.79. The summed E-state index contributed by atoms with van der Waals surface area (Å²) in [5.74, 6) is -2.47. The summed E-state index contributed by atoms with van der Waals surface area (Å²) in [6.07, 6.45) is 5.37. The lowest BCUT2D eigenvalue weighted by Crippen LogP contribution is -2.33. The standard InChI is InChI=1S/C27H25F2N5O5S/c1-32-13-19-16-8-17-18(26(36)33(5-6-35)4-3-22(17)40(2,38)39)9-21(16)34(25-20(29)7-15(28)11-31-25)12-14-10-30-24(23(14)19)27(32)37/h7-11,13,22,30,35H,3-6,12H2,1-2H3. The van der Waals surface area contributed by atoms with Gasteiger partial charge in [-0.05, 0) is 29.7 Å². The molecule has 10 nitrogen and oxygen atoms in total. The Morgan fingerprint density at radius 2 is 1.93 bits per heavy atom. The van der Waals surface area contributed by atoms with E-state index in [-0.39, 0.29) is 55.2 Å². The predicted octanol–water partition coefficient (Wildman–Crippen LogP) is 2.78. The number of rotatable bonds is 4. The van der Waals surface area contributed by atoms with Gasteiger partial charge in [0.15, 0.2) is 21.5 Å². The number of aromatic amines is 1.